The zero-order chi connectivity index (χ0) is 19.0. The summed E-state index contributed by atoms with van der Waals surface area (Å²) in [5.74, 6) is -0.260. The number of nitrogens with zero attached hydrogens (tertiary/aromatic N) is 2. The van der Waals surface area contributed by atoms with E-state index in [0.29, 0.717) is 17.2 Å². The molecule has 4 rings (SSSR count). The topological polar surface area (TPSA) is 46.0 Å². The van der Waals surface area contributed by atoms with E-state index in [1.54, 1.807) is 22.6 Å². The van der Waals surface area contributed by atoms with E-state index in [2.05, 4.69) is 17.1 Å². The fourth-order valence-electron chi connectivity index (χ4n) is 3.58. The molecule has 5 nitrogen and oxygen atoms in total. The summed E-state index contributed by atoms with van der Waals surface area (Å²) >= 11 is 0. The van der Waals surface area contributed by atoms with Crippen LogP contribution in [0.25, 0.3) is 16.6 Å². The van der Waals surface area contributed by atoms with Crippen LogP contribution in [-0.4, -0.2) is 37.2 Å². The molecule has 1 aliphatic heterocycles. The minimum Gasteiger partial charge on any atom is -0.494 e. The number of halogens is 1. The standard InChI is InChI=1S/C21H22FN3O2/c1-14-12-24(8-7-23-14)18-5-4-17-9-16(11-21(26)25(17)13-18)15-3-6-20(27-2)19(22)10-15/h3-6,9-11,13-14,23H,7-8,12H2,1-2H3. The maximum Gasteiger partial charge on any atom is 0.255 e. The van der Waals surface area contributed by atoms with Gasteiger partial charge in [-0.2, -0.15) is 0 Å². The molecule has 1 aliphatic rings. The van der Waals surface area contributed by atoms with Gasteiger partial charge < -0.3 is 15.0 Å². The van der Waals surface area contributed by atoms with Crippen molar-refractivity contribution in [2.24, 2.45) is 0 Å². The lowest BCUT2D eigenvalue weighted by Crippen LogP contribution is -2.49. The van der Waals surface area contributed by atoms with Crippen LogP contribution >= 0.6 is 0 Å². The van der Waals surface area contributed by atoms with E-state index < -0.39 is 5.82 Å². The monoisotopic (exact) mass is 367 g/mol. The summed E-state index contributed by atoms with van der Waals surface area (Å²) in [4.78, 5) is 15.0. The predicted octanol–water partition coefficient (Wildman–Crippen LogP) is 2.91. The fourth-order valence-corrected chi connectivity index (χ4v) is 3.58. The molecule has 3 aromatic rings. The predicted molar refractivity (Wildman–Crippen MR) is 105 cm³/mol. The maximum atomic E-state index is 14.0. The van der Waals surface area contributed by atoms with E-state index in [4.69, 9.17) is 4.74 Å². The van der Waals surface area contributed by atoms with Crippen LogP contribution in [0.1, 0.15) is 6.92 Å². The second-order valence-corrected chi connectivity index (χ2v) is 6.91. The number of fused-ring (bicyclic) bond motifs is 1. The summed E-state index contributed by atoms with van der Waals surface area (Å²) in [5.41, 5.74) is 3.00. The van der Waals surface area contributed by atoms with Gasteiger partial charge >= 0.3 is 0 Å². The number of ether oxygens (including phenoxy) is 1. The van der Waals surface area contributed by atoms with E-state index in [1.165, 1.54) is 13.2 Å². The van der Waals surface area contributed by atoms with Crippen molar-refractivity contribution < 1.29 is 9.13 Å². The Morgan fingerprint density at radius 2 is 2.00 bits per heavy atom. The first kappa shape index (κ1) is 17.5. The number of piperazine rings is 1. The Morgan fingerprint density at radius 3 is 2.74 bits per heavy atom. The highest BCUT2D eigenvalue weighted by Gasteiger charge is 2.16. The smallest absolute Gasteiger partial charge is 0.255 e. The third kappa shape index (κ3) is 3.40. The Balaban J connectivity index is 1.73. The highest BCUT2D eigenvalue weighted by molar-refractivity contribution is 5.70. The van der Waals surface area contributed by atoms with Crippen molar-refractivity contribution in [3.8, 4) is 16.9 Å². The third-order valence-electron chi connectivity index (χ3n) is 5.00. The summed E-state index contributed by atoms with van der Waals surface area (Å²) in [6, 6.07) is 12.5. The molecule has 1 aromatic carbocycles. The molecule has 27 heavy (non-hydrogen) atoms. The molecule has 6 heteroatoms. The average Bonchev–Trinajstić information content (AvgIpc) is 2.67. The van der Waals surface area contributed by atoms with E-state index in [0.717, 1.165) is 30.8 Å². The Morgan fingerprint density at radius 1 is 1.15 bits per heavy atom. The molecule has 0 aliphatic carbocycles. The van der Waals surface area contributed by atoms with Gasteiger partial charge in [-0.3, -0.25) is 9.20 Å². The average molecular weight is 367 g/mol. The van der Waals surface area contributed by atoms with Crippen LogP contribution < -0.4 is 20.5 Å². The Kier molecular flexibility index (Phi) is 4.58. The number of hydrogen-bond acceptors (Lipinski definition) is 4. The van der Waals surface area contributed by atoms with Gasteiger partial charge in [-0.05, 0) is 48.4 Å². The number of pyridine rings is 2. The van der Waals surface area contributed by atoms with Crippen molar-refractivity contribution in [1.82, 2.24) is 9.72 Å². The molecule has 2 aromatic heterocycles. The van der Waals surface area contributed by atoms with Gasteiger partial charge in [0, 0.05) is 43.5 Å². The van der Waals surface area contributed by atoms with Gasteiger partial charge in [-0.1, -0.05) is 6.07 Å². The van der Waals surface area contributed by atoms with E-state index >= 15 is 0 Å². The van der Waals surface area contributed by atoms with Gasteiger partial charge in [-0.15, -0.1) is 0 Å². The molecular weight excluding hydrogens is 345 g/mol. The lowest BCUT2D eigenvalue weighted by Gasteiger charge is -2.33. The minimum atomic E-state index is -0.446. The molecule has 0 radical (unpaired) electrons. The Labute approximate surface area is 157 Å². The highest BCUT2D eigenvalue weighted by atomic mass is 19.1. The van der Waals surface area contributed by atoms with Crippen LogP contribution in [0, 0.1) is 5.82 Å². The van der Waals surface area contributed by atoms with Gasteiger partial charge in [-0.25, -0.2) is 4.39 Å². The number of aromatic nitrogens is 1. The van der Waals surface area contributed by atoms with Gasteiger partial charge in [0.25, 0.3) is 5.56 Å². The lowest BCUT2D eigenvalue weighted by atomic mass is 10.1. The van der Waals surface area contributed by atoms with Crippen LogP contribution in [0.15, 0.2) is 53.5 Å². The van der Waals surface area contributed by atoms with Crippen molar-refractivity contribution in [1.29, 1.82) is 0 Å². The number of hydrogen-bond donors (Lipinski definition) is 1. The van der Waals surface area contributed by atoms with Crippen LogP contribution in [0.5, 0.6) is 5.75 Å². The largest absolute Gasteiger partial charge is 0.494 e. The lowest BCUT2D eigenvalue weighted by molar-refractivity contribution is 0.386. The van der Waals surface area contributed by atoms with Crippen LogP contribution in [0.2, 0.25) is 0 Å². The summed E-state index contributed by atoms with van der Waals surface area (Å²) in [6.07, 6.45) is 1.88. The maximum absolute atomic E-state index is 14.0. The summed E-state index contributed by atoms with van der Waals surface area (Å²) in [6.45, 7) is 4.90. The second kappa shape index (κ2) is 7.04. The van der Waals surface area contributed by atoms with E-state index in [9.17, 15) is 9.18 Å². The van der Waals surface area contributed by atoms with Crippen LogP contribution in [0.4, 0.5) is 10.1 Å². The molecule has 3 heterocycles. The van der Waals surface area contributed by atoms with Crippen molar-refractivity contribution in [3.05, 3.63) is 64.8 Å². The van der Waals surface area contributed by atoms with Gasteiger partial charge in [0.15, 0.2) is 11.6 Å². The highest BCUT2D eigenvalue weighted by Crippen LogP contribution is 2.26. The van der Waals surface area contributed by atoms with E-state index in [1.807, 2.05) is 24.4 Å². The third-order valence-corrected chi connectivity index (χ3v) is 5.00. The second-order valence-electron chi connectivity index (χ2n) is 6.91. The van der Waals surface area contributed by atoms with Gasteiger partial charge in [0.1, 0.15) is 0 Å². The van der Waals surface area contributed by atoms with Crippen molar-refractivity contribution in [2.45, 2.75) is 13.0 Å². The summed E-state index contributed by atoms with van der Waals surface area (Å²) in [7, 11) is 1.43. The zero-order valence-electron chi connectivity index (χ0n) is 15.4. The molecule has 1 N–H and O–H groups in total. The number of rotatable bonds is 3. The Hall–Kier alpha value is -2.86. The first-order valence-electron chi connectivity index (χ1n) is 9.04. The Bertz CT molecular complexity index is 1050. The molecule has 1 unspecified atom stereocenters. The molecule has 0 spiro atoms. The van der Waals surface area contributed by atoms with Crippen molar-refractivity contribution in [2.75, 3.05) is 31.6 Å². The number of methoxy groups -OCH3 is 1. The van der Waals surface area contributed by atoms with Gasteiger partial charge in [0.05, 0.1) is 12.8 Å². The molecule has 0 bridgehead atoms. The first-order chi connectivity index (χ1) is 13.0. The molecule has 1 saturated heterocycles. The van der Waals surface area contributed by atoms with Crippen molar-refractivity contribution >= 4 is 11.2 Å². The molecule has 1 atom stereocenters. The number of benzene rings is 1. The summed E-state index contributed by atoms with van der Waals surface area (Å²) in [5, 5.41) is 3.42. The van der Waals surface area contributed by atoms with Crippen molar-refractivity contribution in [3.63, 3.8) is 0 Å². The number of nitrogens with one attached hydrogen (secondary N) is 1. The molecule has 0 saturated carbocycles. The van der Waals surface area contributed by atoms with Gasteiger partial charge in [0.2, 0.25) is 0 Å². The first-order valence-corrected chi connectivity index (χ1v) is 9.04. The van der Waals surface area contributed by atoms with E-state index in [-0.39, 0.29) is 11.3 Å². The quantitative estimate of drug-likeness (QED) is 0.773. The SMILES string of the molecule is COc1ccc(-c2cc(=O)n3cc(N4CCNC(C)C4)ccc3c2)cc1F. The van der Waals surface area contributed by atoms with Crippen LogP contribution in [-0.2, 0) is 0 Å². The van der Waals surface area contributed by atoms with Crippen LogP contribution in [0.3, 0.4) is 0 Å². The zero-order valence-corrected chi connectivity index (χ0v) is 15.4. The minimum absolute atomic E-state index is 0.135. The fraction of sp³-hybridized carbons (Fsp3) is 0.286. The molecule has 140 valence electrons. The number of anilines is 1. The molecule has 1 fully saturated rings. The summed E-state index contributed by atoms with van der Waals surface area (Å²) < 4.78 is 20.6. The molecular formula is C21H22FN3O2. The molecule has 0 amide bonds. The normalized spacial score (nSPS) is 17.3.